The number of sulfone groups is 1. The molecule has 0 aromatic carbocycles. The van der Waals surface area contributed by atoms with Crippen LogP contribution in [-0.2, 0) is 14.6 Å². The summed E-state index contributed by atoms with van der Waals surface area (Å²) in [5, 5.41) is 12.8. The first-order valence-corrected chi connectivity index (χ1v) is 8.18. The van der Waals surface area contributed by atoms with Gasteiger partial charge in [-0.3, -0.25) is 9.69 Å². The molecule has 2 saturated heterocycles. The molecule has 18 heavy (non-hydrogen) atoms. The summed E-state index contributed by atoms with van der Waals surface area (Å²) in [7, 11) is -3.04. The van der Waals surface area contributed by atoms with Crippen molar-refractivity contribution < 1.29 is 18.3 Å². The Labute approximate surface area is 107 Å². The molecule has 6 nitrogen and oxygen atoms in total. The van der Waals surface area contributed by atoms with E-state index in [1.165, 1.54) is 0 Å². The van der Waals surface area contributed by atoms with Crippen LogP contribution in [0.3, 0.4) is 0 Å². The zero-order valence-electron chi connectivity index (χ0n) is 10.4. The fourth-order valence-electron chi connectivity index (χ4n) is 2.81. The van der Waals surface area contributed by atoms with Crippen LogP contribution in [0.25, 0.3) is 0 Å². The third-order valence-corrected chi connectivity index (χ3v) is 5.65. The molecule has 2 aliphatic heterocycles. The number of carbonyl (C=O) groups is 1. The highest BCUT2D eigenvalue weighted by molar-refractivity contribution is 7.91. The molecule has 2 aliphatic rings. The molecule has 2 rings (SSSR count). The number of carboxylic acids is 1. The molecule has 2 heterocycles. The second-order valence-electron chi connectivity index (χ2n) is 5.08. The third-order valence-electron chi connectivity index (χ3n) is 4.00. The van der Waals surface area contributed by atoms with Crippen LogP contribution < -0.4 is 5.32 Å². The Morgan fingerprint density at radius 2 is 1.83 bits per heavy atom. The highest BCUT2D eigenvalue weighted by atomic mass is 32.2. The lowest BCUT2D eigenvalue weighted by Crippen LogP contribution is -2.59. The van der Waals surface area contributed by atoms with Crippen molar-refractivity contribution in [1.29, 1.82) is 0 Å². The van der Waals surface area contributed by atoms with Gasteiger partial charge in [0.15, 0.2) is 0 Å². The van der Waals surface area contributed by atoms with E-state index in [1.54, 1.807) is 0 Å². The minimum absolute atomic E-state index is 0.0107. The summed E-state index contributed by atoms with van der Waals surface area (Å²) in [6.45, 7) is 3.05. The summed E-state index contributed by atoms with van der Waals surface area (Å²) in [5.74, 6) is -0.897. The Bertz CT molecular complexity index is 399. The van der Waals surface area contributed by atoms with E-state index in [0.717, 1.165) is 26.1 Å². The number of aliphatic carboxylic acids is 1. The maximum Gasteiger partial charge on any atom is 0.324 e. The lowest BCUT2D eigenvalue weighted by Gasteiger charge is -2.42. The fourth-order valence-corrected chi connectivity index (χ4v) is 4.32. The Hall–Kier alpha value is -0.660. The quantitative estimate of drug-likeness (QED) is 0.694. The van der Waals surface area contributed by atoms with E-state index < -0.39 is 21.3 Å². The largest absolute Gasteiger partial charge is 0.480 e. The van der Waals surface area contributed by atoms with Gasteiger partial charge in [0.2, 0.25) is 0 Å². The Balaban J connectivity index is 2.19. The maximum atomic E-state index is 11.6. The van der Waals surface area contributed by atoms with Gasteiger partial charge in [-0.1, -0.05) is 0 Å². The van der Waals surface area contributed by atoms with E-state index in [2.05, 4.69) is 5.32 Å². The average Bonchev–Trinajstić information content (AvgIpc) is 2.58. The van der Waals surface area contributed by atoms with E-state index in [9.17, 15) is 18.3 Å². The van der Waals surface area contributed by atoms with Gasteiger partial charge in [0.1, 0.15) is 15.4 Å². The maximum absolute atomic E-state index is 11.6. The molecule has 2 fully saturated rings. The first kappa shape index (κ1) is 13.8. The number of nitrogens with zero attached hydrogens (tertiary/aromatic N) is 1. The van der Waals surface area contributed by atoms with Crippen LogP contribution in [-0.4, -0.2) is 67.6 Å². The third kappa shape index (κ3) is 2.67. The van der Waals surface area contributed by atoms with Crippen molar-refractivity contribution in [1.82, 2.24) is 10.2 Å². The first-order chi connectivity index (χ1) is 8.46. The summed E-state index contributed by atoms with van der Waals surface area (Å²) < 4.78 is 23.0. The van der Waals surface area contributed by atoms with Crippen molar-refractivity contribution in [3.8, 4) is 0 Å². The van der Waals surface area contributed by atoms with Crippen molar-refractivity contribution in [3.05, 3.63) is 0 Å². The van der Waals surface area contributed by atoms with Crippen molar-refractivity contribution in [3.63, 3.8) is 0 Å². The highest BCUT2D eigenvalue weighted by Gasteiger charge is 2.47. The Morgan fingerprint density at radius 3 is 2.44 bits per heavy atom. The fraction of sp³-hybridized carbons (Fsp3) is 0.909. The van der Waals surface area contributed by atoms with Gasteiger partial charge in [-0.05, 0) is 25.8 Å². The zero-order valence-corrected chi connectivity index (χ0v) is 11.2. The predicted molar refractivity (Wildman–Crippen MR) is 67.3 cm³/mol. The van der Waals surface area contributed by atoms with Crippen LogP contribution in [0.5, 0.6) is 0 Å². The summed E-state index contributed by atoms with van der Waals surface area (Å²) in [4.78, 5) is 13.6. The monoisotopic (exact) mass is 276 g/mol. The molecule has 7 heteroatoms. The van der Waals surface area contributed by atoms with Crippen LogP contribution in [0.4, 0.5) is 0 Å². The molecule has 0 amide bonds. The van der Waals surface area contributed by atoms with Gasteiger partial charge in [0.05, 0.1) is 11.5 Å². The van der Waals surface area contributed by atoms with E-state index in [1.807, 2.05) is 4.90 Å². The molecular weight excluding hydrogens is 256 g/mol. The standard InChI is InChI=1S/C11H20N2O4S/c14-10(15)11(2-8-18(16,17)9-3-11)13-6-1-4-12-5-7-13/h12H,1-9H2,(H,14,15). The summed E-state index contributed by atoms with van der Waals surface area (Å²) in [6, 6.07) is 0. The molecule has 0 aromatic heterocycles. The zero-order chi connectivity index (χ0) is 13.2. The summed E-state index contributed by atoms with van der Waals surface area (Å²) in [6.07, 6.45) is 1.33. The molecule has 0 bridgehead atoms. The van der Waals surface area contributed by atoms with Crippen LogP contribution >= 0.6 is 0 Å². The predicted octanol–water partition coefficient (Wildman–Crippen LogP) is -0.686. The molecule has 0 saturated carbocycles. The summed E-state index contributed by atoms with van der Waals surface area (Å²) in [5.41, 5.74) is -0.975. The average molecular weight is 276 g/mol. The molecule has 0 radical (unpaired) electrons. The smallest absolute Gasteiger partial charge is 0.324 e. The first-order valence-electron chi connectivity index (χ1n) is 6.36. The highest BCUT2D eigenvalue weighted by Crippen LogP contribution is 2.31. The van der Waals surface area contributed by atoms with Crippen molar-refractivity contribution >= 4 is 15.8 Å². The van der Waals surface area contributed by atoms with Crippen LogP contribution in [0.15, 0.2) is 0 Å². The molecule has 0 atom stereocenters. The topological polar surface area (TPSA) is 86.7 Å². The van der Waals surface area contributed by atoms with Crippen LogP contribution in [0, 0.1) is 0 Å². The number of hydrogen-bond donors (Lipinski definition) is 2. The van der Waals surface area contributed by atoms with Gasteiger partial charge in [0, 0.05) is 19.6 Å². The van der Waals surface area contributed by atoms with Crippen molar-refractivity contribution in [2.45, 2.75) is 24.8 Å². The van der Waals surface area contributed by atoms with Gasteiger partial charge in [-0.25, -0.2) is 8.42 Å². The van der Waals surface area contributed by atoms with E-state index >= 15 is 0 Å². The van der Waals surface area contributed by atoms with E-state index in [0.29, 0.717) is 6.54 Å². The Kier molecular flexibility index (Phi) is 3.93. The molecular formula is C11H20N2O4S. The van der Waals surface area contributed by atoms with Gasteiger partial charge in [0.25, 0.3) is 0 Å². The number of nitrogens with one attached hydrogen (secondary N) is 1. The number of rotatable bonds is 2. The Morgan fingerprint density at radius 1 is 1.17 bits per heavy atom. The lowest BCUT2D eigenvalue weighted by molar-refractivity contribution is -0.152. The minimum atomic E-state index is -3.04. The van der Waals surface area contributed by atoms with Gasteiger partial charge < -0.3 is 10.4 Å². The molecule has 0 aromatic rings. The SMILES string of the molecule is O=C(O)C1(N2CCCNCC2)CCS(=O)(=O)CC1. The van der Waals surface area contributed by atoms with Crippen LogP contribution in [0.2, 0.25) is 0 Å². The lowest BCUT2D eigenvalue weighted by atomic mass is 9.89. The second kappa shape index (κ2) is 5.14. The molecule has 2 N–H and O–H groups in total. The van der Waals surface area contributed by atoms with Crippen molar-refractivity contribution in [2.24, 2.45) is 0 Å². The van der Waals surface area contributed by atoms with Crippen LogP contribution in [0.1, 0.15) is 19.3 Å². The minimum Gasteiger partial charge on any atom is -0.480 e. The summed E-state index contributed by atoms with van der Waals surface area (Å²) >= 11 is 0. The molecule has 0 aliphatic carbocycles. The van der Waals surface area contributed by atoms with Gasteiger partial charge >= 0.3 is 5.97 Å². The normalized spacial score (nSPS) is 28.4. The molecule has 104 valence electrons. The number of hydrogen-bond acceptors (Lipinski definition) is 5. The van der Waals surface area contributed by atoms with E-state index in [4.69, 9.17) is 0 Å². The second-order valence-corrected chi connectivity index (χ2v) is 7.38. The molecule has 0 unspecified atom stereocenters. The van der Waals surface area contributed by atoms with Crippen molar-refractivity contribution in [2.75, 3.05) is 37.7 Å². The molecule has 0 spiro atoms. The van der Waals surface area contributed by atoms with E-state index in [-0.39, 0.29) is 24.3 Å². The number of carboxylic acid groups (broad SMARTS) is 1. The van der Waals surface area contributed by atoms with Gasteiger partial charge in [-0.15, -0.1) is 0 Å². The van der Waals surface area contributed by atoms with Gasteiger partial charge in [-0.2, -0.15) is 0 Å².